The maximum atomic E-state index is 13.0. The van der Waals surface area contributed by atoms with E-state index < -0.39 is 17.9 Å². The van der Waals surface area contributed by atoms with Crippen LogP contribution in [0.1, 0.15) is 66.3 Å². The number of amides is 2. The number of esters is 1. The average molecular weight is 530 g/mol. The fourth-order valence-electron chi connectivity index (χ4n) is 4.02. The van der Waals surface area contributed by atoms with Crippen LogP contribution in [0.25, 0.3) is 22.7 Å². The quantitative estimate of drug-likeness (QED) is 0.240. The van der Waals surface area contributed by atoms with Crippen LogP contribution < -0.4 is 10.6 Å². The van der Waals surface area contributed by atoms with Gasteiger partial charge in [0.25, 0.3) is 11.8 Å². The number of hydrogen-bond donors (Lipinski definition) is 3. The second-order valence-electron chi connectivity index (χ2n) is 8.83. The van der Waals surface area contributed by atoms with Gasteiger partial charge in [0.15, 0.2) is 11.7 Å². The van der Waals surface area contributed by atoms with E-state index in [1.807, 2.05) is 38.1 Å². The zero-order chi connectivity index (χ0) is 27.8. The van der Waals surface area contributed by atoms with Crippen LogP contribution in [-0.2, 0) is 9.53 Å². The van der Waals surface area contributed by atoms with Gasteiger partial charge in [-0.3, -0.25) is 14.7 Å². The molecular weight excluding hydrogens is 498 g/mol. The molecule has 39 heavy (non-hydrogen) atoms. The zero-order valence-electron chi connectivity index (χ0n) is 22.1. The Kier molecular flexibility index (Phi) is 8.88. The number of aromatic amines is 1. The van der Waals surface area contributed by atoms with Crippen LogP contribution in [0.2, 0.25) is 0 Å². The summed E-state index contributed by atoms with van der Waals surface area (Å²) in [7, 11) is 0. The van der Waals surface area contributed by atoms with Gasteiger partial charge in [-0.1, -0.05) is 56.3 Å². The van der Waals surface area contributed by atoms with Crippen molar-refractivity contribution in [1.29, 1.82) is 0 Å². The van der Waals surface area contributed by atoms with E-state index in [0.29, 0.717) is 22.5 Å². The van der Waals surface area contributed by atoms with E-state index in [2.05, 4.69) is 25.8 Å². The first-order chi connectivity index (χ1) is 18.9. The Hall–Kier alpha value is -4.73. The van der Waals surface area contributed by atoms with E-state index in [9.17, 15) is 14.4 Å². The second kappa shape index (κ2) is 12.7. The van der Waals surface area contributed by atoms with Crippen molar-refractivity contribution in [3.8, 4) is 22.7 Å². The largest absolute Gasteiger partial charge is 0.464 e. The third kappa shape index (κ3) is 6.59. The van der Waals surface area contributed by atoms with Crippen molar-refractivity contribution in [2.45, 2.75) is 45.7 Å². The van der Waals surface area contributed by atoms with E-state index >= 15 is 0 Å². The molecule has 4 rings (SSSR count). The summed E-state index contributed by atoms with van der Waals surface area (Å²) in [5.41, 5.74) is 2.92. The number of nitrogens with zero attached hydrogens (tertiary/aromatic N) is 2. The van der Waals surface area contributed by atoms with Gasteiger partial charge in [-0.2, -0.15) is 5.10 Å². The first-order valence-electron chi connectivity index (χ1n) is 12.9. The molecule has 0 spiro atoms. The van der Waals surface area contributed by atoms with E-state index in [1.54, 1.807) is 43.3 Å². The normalized spacial score (nSPS) is 11.7. The number of benzene rings is 2. The summed E-state index contributed by atoms with van der Waals surface area (Å²) in [6, 6.07) is 16.9. The molecule has 1 unspecified atom stereocenters. The summed E-state index contributed by atoms with van der Waals surface area (Å²) in [6.07, 6.45) is 2.99. The Morgan fingerprint density at radius 1 is 0.923 bits per heavy atom. The summed E-state index contributed by atoms with van der Waals surface area (Å²) in [5, 5.41) is 12.7. The summed E-state index contributed by atoms with van der Waals surface area (Å²) < 4.78 is 10.9. The third-order valence-corrected chi connectivity index (χ3v) is 6.21. The highest BCUT2D eigenvalue weighted by molar-refractivity contribution is 5.95. The first kappa shape index (κ1) is 27.3. The highest BCUT2D eigenvalue weighted by Gasteiger charge is 2.26. The second-order valence-corrected chi connectivity index (χ2v) is 8.83. The number of ether oxygens (including phenoxy) is 1. The molecule has 0 radical (unpaired) electrons. The lowest BCUT2D eigenvalue weighted by Crippen LogP contribution is -2.34. The zero-order valence-corrected chi connectivity index (χ0v) is 22.1. The van der Waals surface area contributed by atoms with Crippen molar-refractivity contribution in [3.63, 3.8) is 0 Å². The lowest BCUT2D eigenvalue weighted by atomic mass is 10.1. The molecule has 202 valence electrons. The molecule has 1 atom stereocenters. The standard InChI is InChI=1S/C29H31N5O5/c1-4-21(5-2)31-26(35)23-16-22(33-34-23)19-13-10-14-20(15-19)28-30-17-24(39-28)27(36)32-25(29(37)38-6-3)18-11-8-7-9-12-18/h7-17,21,25H,4-6H2,1-3H3,(H,31,35)(H,32,36)(H,33,34). The number of carbonyl (C=O) groups excluding carboxylic acids is 3. The SMILES string of the molecule is CCOC(=O)C(NC(=O)c1cnc(-c2cccc(-c3cc(C(=O)NC(CC)CC)n[nH]3)c2)o1)c1ccccc1. The van der Waals surface area contributed by atoms with Crippen molar-refractivity contribution in [3.05, 3.63) is 83.9 Å². The number of oxazole rings is 1. The summed E-state index contributed by atoms with van der Waals surface area (Å²) in [6.45, 7) is 5.93. The molecular formula is C29H31N5O5. The lowest BCUT2D eigenvalue weighted by molar-refractivity contribution is -0.145. The fourth-order valence-corrected chi connectivity index (χ4v) is 4.02. The van der Waals surface area contributed by atoms with Crippen LogP contribution in [0.15, 0.2) is 71.3 Å². The van der Waals surface area contributed by atoms with Crippen molar-refractivity contribution in [1.82, 2.24) is 25.8 Å². The summed E-state index contributed by atoms with van der Waals surface area (Å²) in [4.78, 5) is 42.3. The Labute approximate surface area is 226 Å². The molecule has 0 saturated carbocycles. The van der Waals surface area contributed by atoms with Crippen molar-refractivity contribution < 1.29 is 23.5 Å². The van der Waals surface area contributed by atoms with Crippen LogP contribution in [0, 0.1) is 0 Å². The number of H-pyrrole nitrogens is 1. The molecule has 0 aliphatic carbocycles. The maximum Gasteiger partial charge on any atom is 0.333 e. The molecule has 0 fully saturated rings. The molecule has 10 nitrogen and oxygen atoms in total. The Balaban J connectivity index is 1.50. The number of carbonyl (C=O) groups is 3. The van der Waals surface area contributed by atoms with Gasteiger partial charge in [0.2, 0.25) is 11.7 Å². The highest BCUT2D eigenvalue weighted by atomic mass is 16.5. The van der Waals surface area contributed by atoms with Crippen molar-refractivity contribution >= 4 is 17.8 Å². The van der Waals surface area contributed by atoms with Crippen LogP contribution in [0.3, 0.4) is 0 Å². The molecule has 2 amide bonds. The van der Waals surface area contributed by atoms with Gasteiger partial charge in [-0.25, -0.2) is 9.78 Å². The molecule has 2 aromatic carbocycles. The van der Waals surface area contributed by atoms with E-state index in [-0.39, 0.29) is 30.2 Å². The van der Waals surface area contributed by atoms with Gasteiger partial charge in [0.05, 0.1) is 18.5 Å². The number of hydrogen-bond acceptors (Lipinski definition) is 7. The molecule has 10 heteroatoms. The van der Waals surface area contributed by atoms with Gasteiger partial charge in [-0.15, -0.1) is 0 Å². The molecule has 2 heterocycles. The molecule has 0 aliphatic rings. The predicted octanol–water partition coefficient (Wildman–Crippen LogP) is 4.68. The van der Waals surface area contributed by atoms with Crippen molar-refractivity contribution in [2.75, 3.05) is 6.61 Å². The van der Waals surface area contributed by atoms with Gasteiger partial charge in [-0.05, 0) is 43.5 Å². The van der Waals surface area contributed by atoms with Crippen LogP contribution in [0.4, 0.5) is 0 Å². The minimum absolute atomic E-state index is 0.0532. The minimum atomic E-state index is -0.993. The van der Waals surface area contributed by atoms with Gasteiger partial charge in [0.1, 0.15) is 0 Å². The average Bonchev–Trinajstić information content (AvgIpc) is 3.66. The Bertz CT molecular complexity index is 1420. The van der Waals surface area contributed by atoms with Crippen molar-refractivity contribution in [2.24, 2.45) is 0 Å². The van der Waals surface area contributed by atoms with Crippen LogP contribution >= 0.6 is 0 Å². The molecule has 0 saturated heterocycles. The van der Waals surface area contributed by atoms with Crippen LogP contribution in [-0.4, -0.2) is 45.6 Å². The number of aromatic nitrogens is 3. The number of rotatable bonds is 11. The monoisotopic (exact) mass is 529 g/mol. The third-order valence-electron chi connectivity index (χ3n) is 6.21. The predicted molar refractivity (Wildman–Crippen MR) is 145 cm³/mol. The molecule has 0 bridgehead atoms. The van der Waals surface area contributed by atoms with E-state index in [1.165, 1.54) is 6.20 Å². The summed E-state index contributed by atoms with van der Waals surface area (Å²) in [5.74, 6) is -1.24. The topological polar surface area (TPSA) is 139 Å². The van der Waals surface area contributed by atoms with Gasteiger partial charge < -0.3 is 19.8 Å². The molecule has 2 aromatic heterocycles. The first-order valence-corrected chi connectivity index (χ1v) is 12.9. The van der Waals surface area contributed by atoms with E-state index in [0.717, 1.165) is 18.4 Å². The maximum absolute atomic E-state index is 13.0. The molecule has 4 aromatic rings. The minimum Gasteiger partial charge on any atom is -0.464 e. The van der Waals surface area contributed by atoms with E-state index in [4.69, 9.17) is 9.15 Å². The van der Waals surface area contributed by atoms with Gasteiger partial charge >= 0.3 is 5.97 Å². The number of nitrogens with one attached hydrogen (secondary N) is 3. The van der Waals surface area contributed by atoms with Crippen LogP contribution in [0.5, 0.6) is 0 Å². The highest BCUT2D eigenvalue weighted by Crippen LogP contribution is 2.26. The molecule has 0 aliphatic heterocycles. The lowest BCUT2D eigenvalue weighted by Gasteiger charge is -2.16. The summed E-state index contributed by atoms with van der Waals surface area (Å²) >= 11 is 0. The fraction of sp³-hybridized carbons (Fsp3) is 0.276. The smallest absolute Gasteiger partial charge is 0.333 e. The molecule has 3 N–H and O–H groups in total. The Morgan fingerprint density at radius 3 is 2.38 bits per heavy atom. The Morgan fingerprint density at radius 2 is 1.67 bits per heavy atom. The van der Waals surface area contributed by atoms with Gasteiger partial charge in [0, 0.05) is 17.2 Å².